The van der Waals surface area contributed by atoms with E-state index in [1.54, 1.807) is 6.07 Å². The molecule has 1 aliphatic carbocycles. The lowest BCUT2D eigenvalue weighted by Crippen LogP contribution is -2.48. The van der Waals surface area contributed by atoms with E-state index in [1.807, 2.05) is 0 Å². The summed E-state index contributed by atoms with van der Waals surface area (Å²) in [4.78, 5) is 12.6. The maximum Gasteiger partial charge on any atom is 0.416 e. The second-order valence-electron chi connectivity index (χ2n) is 6.55. The third-order valence-electron chi connectivity index (χ3n) is 4.71. The van der Waals surface area contributed by atoms with Crippen LogP contribution in [0.1, 0.15) is 17.5 Å². The minimum absolute atomic E-state index is 0.180. The first kappa shape index (κ1) is 20.0. The van der Waals surface area contributed by atoms with Gasteiger partial charge >= 0.3 is 12.4 Å². The molecule has 1 N–H and O–H groups in total. The number of nitrogens with one attached hydrogen (secondary N) is 1. The number of benzene rings is 2. The van der Waals surface area contributed by atoms with Crippen LogP contribution in [-0.2, 0) is 16.4 Å². The van der Waals surface area contributed by atoms with Crippen LogP contribution in [0.3, 0.4) is 0 Å². The van der Waals surface area contributed by atoms with Gasteiger partial charge in [-0.25, -0.2) is 0 Å². The van der Waals surface area contributed by atoms with Crippen LogP contribution in [0.2, 0.25) is 0 Å². The van der Waals surface area contributed by atoms with Crippen molar-refractivity contribution in [1.82, 2.24) is 0 Å². The fourth-order valence-corrected chi connectivity index (χ4v) is 3.43. The Morgan fingerprint density at radius 2 is 1.50 bits per heavy atom. The number of rotatable bonds is 4. The summed E-state index contributed by atoms with van der Waals surface area (Å²) in [5, 5.41) is 2.79. The zero-order chi connectivity index (χ0) is 20.6. The Morgan fingerprint density at radius 3 is 2.04 bits per heavy atom. The van der Waals surface area contributed by atoms with Gasteiger partial charge in [-0.3, -0.25) is 4.79 Å². The molecular formula is C20H15F6NO. The Morgan fingerprint density at radius 1 is 0.893 bits per heavy atom. The summed E-state index contributed by atoms with van der Waals surface area (Å²) in [6, 6.07) is 10.4. The van der Waals surface area contributed by atoms with Crippen molar-refractivity contribution in [3.8, 4) is 0 Å². The Kier molecular flexibility index (Phi) is 4.99. The highest BCUT2D eigenvalue weighted by molar-refractivity contribution is 6.03. The number of carbonyl (C=O) groups excluding carboxylic acids is 1. The molecule has 148 valence electrons. The maximum atomic E-state index is 13.4. The molecule has 0 radical (unpaired) electrons. The third-order valence-corrected chi connectivity index (χ3v) is 4.71. The molecule has 0 unspecified atom stereocenters. The van der Waals surface area contributed by atoms with Crippen LogP contribution in [0.5, 0.6) is 0 Å². The van der Waals surface area contributed by atoms with Gasteiger partial charge in [0.2, 0.25) is 0 Å². The van der Waals surface area contributed by atoms with Gasteiger partial charge in [-0.15, -0.1) is 0 Å². The number of carbonyl (C=O) groups is 1. The zero-order valence-electron chi connectivity index (χ0n) is 14.3. The molecule has 1 aliphatic rings. The molecule has 2 aromatic carbocycles. The zero-order valence-corrected chi connectivity index (χ0v) is 14.3. The largest absolute Gasteiger partial charge is 0.416 e. The molecule has 0 saturated carbocycles. The lowest BCUT2D eigenvalue weighted by Gasteiger charge is -2.36. The molecule has 2 atom stereocenters. The Balaban J connectivity index is 1.98. The number of hydrogen-bond donors (Lipinski definition) is 1. The van der Waals surface area contributed by atoms with Crippen molar-refractivity contribution < 1.29 is 31.1 Å². The molecule has 28 heavy (non-hydrogen) atoms. The standard InChI is InChI=1S/C20H15F6NO/c21-19(22,23)12-18(13-4-2-1-3-5-13)16(10-11-17(18)28)27-15-8-6-14(7-9-15)20(24,25)26/h1-11,16,27H,12H2/t16-,18-/m1/s1. The predicted molar refractivity (Wildman–Crippen MR) is 91.8 cm³/mol. The van der Waals surface area contributed by atoms with Gasteiger partial charge in [-0.2, -0.15) is 26.3 Å². The number of allylic oxidation sites excluding steroid dienone is 1. The smallest absolute Gasteiger partial charge is 0.377 e. The van der Waals surface area contributed by atoms with Crippen molar-refractivity contribution in [2.45, 2.75) is 30.2 Å². The molecule has 0 saturated heterocycles. The topological polar surface area (TPSA) is 29.1 Å². The van der Waals surface area contributed by atoms with E-state index < -0.39 is 41.6 Å². The Bertz CT molecular complexity index is 870. The van der Waals surface area contributed by atoms with Gasteiger partial charge in [0.25, 0.3) is 0 Å². The van der Waals surface area contributed by atoms with E-state index in [-0.39, 0.29) is 11.3 Å². The molecule has 0 spiro atoms. The summed E-state index contributed by atoms with van der Waals surface area (Å²) >= 11 is 0. The fourth-order valence-electron chi connectivity index (χ4n) is 3.43. The average Bonchev–Trinajstić information content (AvgIpc) is 2.91. The van der Waals surface area contributed by atoms with Crippen LogP contribution in [0, 0.1) is 0 Å². The first-order valence-corrected chi connectivity index (χ1v) is 8.31. The SMILES string of the molecule is O=C1C=C[C@@H](Nc2ccc(C(F)(F)F)cc2)[C@@]1(CC(F)(F)F)c1ccccc1. The third kappa shape index (κ3) is 3.90. The van der Waals surface area contributed by atoms with Crippen LogP contribution in [0.15, 0.2) is 66.7 Å². The van der Waals surface area contributed by atoms with E-state index in [9.17, 15) is 31.1 Å². The van der Waals surface area contributed by atoms with Crippen molar-refractivity contribution in [3.63, 3.8) is 0 Å². The second kappa shape index (κ2) is 7.00. The highest BCUT2D eigenvalue weighted by atomic mass is 19.4. The number of anilines is 1. The van der Waals surface area contributed by atoms with Crippen LogP contribution >= 0.6 is 0 Å². The van der Waals surface area contributed by atoms with Gasteiger partial charge in [-0.05, 0) is 35.9 Å². The summed E-state index contributed by atoms with van der Waals surface area (Å²) in [6.45, 7) is 0. The van der Waals surface area contributed by atoms with Gasteiger partial charge in [0.15, 0.2) is 5.78 Å². The minimum atomic E-state index is -4.63. The van der Waals surface area contributed by atoms with Crippen molar-refractivity contribution in [3.05, 3.63) is 77.9 Å². The second-order valence-corrected chi connectivity index (χ2v) is 6.55. The van der Waals surface area contributed by atoms with Crippen molar-refractivity contribution in [2.75, 3.05) is 5.32 Å². The van der Waals surface area contributed by atoms with Gasteiger partial charge in [-0.1, -0.05) is 36.4 Å². The van der Waals surface area contributed by atoms with Crippen molar-refractivity contribution in [1.29, 1.82) is 0 Å². The molecule has 8 heteroatoms. The number of halogens is 6. The minimum Gasteiger partial charge on any atom is -0.377 e. The highest BCUT2D eigenvalue weighted by Crippen LogP contribution is 2.44. The highest BCUT2D eigenvalue weighted by Gasteiger charge is 2.54. The summed E-state index contributed by atoms with van der Waals surface area (Å²) in [5.41, 5.74) is -2.44. The number of ketones is 1. The maximum absolute atomic E-state index is 13.4. The van der Waals surface area contributed by atoms with E-state index in [2.05, 4.69) is 5.32 Å². The van der Waals surface area contributed by atoms with Gasteiger partial charge < -0.3 is 5.32 Å². The monoisotopic (exact) mass is 399 g/mol. The molecule has 2 nitrogen and oxygen atoms in total. The molecule has 0 amide bonds. The van der Waals surface area contributed by atoms with Crippen LogP contribution in [0.25, 0.3) is 0 Å². The quantitative estimate of drug-likeness (QED) is 0.687. The molecule has 3 rings (SSSR count). The average molecular weight is 399 g/mol. The van der Waals surface area contributed by atoms with E-state index in [0.717, 1.165) is 30.3 Å². The fraction of sp³-hybridized carbons (Fsp3) is 0.250. The summed E-state index contributed by atoms with van der Waals surface area (Å²) in [6.07, 6.45) is -8.14. The van der Waals surface area contributed by atoms with Crippen molar-refractivity contribution in [2.24, 2.45) is 0 Å². The van der Waals surface area contributed by atoms with Gasteiger partial charge in [0.05, 0.1) is 23.4 Å². The lowest BCUT2D eigenvalue weighted by molar-refractivity contribution is -0.155. The molecule has 0 aromatic heterocycles. The molecular weight excluding hydrogens is 384 g/mol. The molecule has 0 fully saturated rings. The summed E-state index contributed by atoms with van der Waals surface area (Å²) in [5.74, 6) is -0.708. The van der Waals surface area contributed by atoms with Crippen LogP contribution in [0.4, 0.5) is 32.0 Å². The molecule has 0 aliphatic heterocycles. The van der Waals surface area contributed by atoms with E-state index in [4.69, 9.17) is 0 Å². The number of hydrogen-bond acceptors (Lipinski definition) is 2. The van der Waals surface area contributed by atoms with E-state index >= 15 is 0 Å². The molecule has 2 aromatic rings. The Labute approximate surface area is 156 Å². The Hall–Kier alpha value is -2.77. The van der Waals surface area contributed by atoms with Crippen LogP contribution in [-0.4, -0.2) is 18.0 Å². The lowest BCUT2D eigenvalue weighted by atomic mass is 9.71. The van der Waals surface area contributed by atoms with Gasteiger partial charge in [0.1, 0.15) is 0 Å². The van der Waals surface area contributed by atoms with E-state index in [0.29, 0.717) is 0 Å². The first-order chi connectivity index (χ1) is 13.0. The van der Waals surface area contributed by atoms with Crippen molar-refractivity contribution >= 4 is 11.5 Å². The molecule has 0 heterocycles. The predicted octanol–water partition coefficient (Wildman–Crippen LogP) is 5.52. The summed E-state index contributed by atoms with van der Waals surface area (Å²) in [7, 11) is 0. The molecule has 0 bridgehead atoms. The number of alkyl halides is 6. The van der Waals surface area contributed by atoms with Crippen LogP contribution < -0.4 is 5.32 Å². The normalized spacial score (nSPS) is 22.5. The summed E-state index contributed by atoms with van der Waals surface area (Å²) < 4.78 is 78.2. The van der Waals surface area contributed by atoms with E-state index in [1.165, 1.54) is 30.3 Å². The first-order valence-electron chi connectivity index (χ1n) is 8.31. The van der Waals surface area contributed by atoms with Gasteiger partial charge in [0, 0.05) is 5.69 Å².